The fourth-order valence-electron chi connectivity index (χ4n) is 1.97. The van der Waals surface area contributed by atoms with Crippen LogP contribution < -0.4 is 5.32 Å². The molecule has 0 spiro atoms. The van der Waals surface area contributed by atoms with Crippen LogP contribution in [0.5, 0.6) is 0 Å². The number of carbonyl (C=O) groups is 3. The molecule has 1 amide bonds. The summed E-state index contributed by atoms with van der Waals surface area (Å²) in [5.74, 6) is -6.71. The fourth-order valence-corrected chi connectivity index (χ4v) is 2.26. The second-order valence-corrected chi connectivity index (χ2v) is 5.76. The van der Waals surface area contributed by atoms with Crippen molar-refractivity contribution < 1.29 is 37.0 Å². The number of hydrogen-bond donors (Lipinski definition) is 1. The second kappa shape index (κ2) is 5.97. The number of halogens is 4. The van der Waals surface area contributed by atoms with Gasteiger partial charge < -0.3 is 14.8 Å². The van der Waals surface area contributed by atoms with Crippen molar-refractivity contribution in [3.8, 4) is 0 Å². The highest BCUT2D eigenvalue weighted by molar-refractivity contribution is 6.31. The summed E-state index contributed by atoms with van der Waals surface area (Å²) in [4.78, 5) is 35.5. The number of amides is 1. The molecule has 1 aromatic carbocycles. The summed E-state index contributed by atoms with van der Waals surface area (Å²) in [6.07, 6.45) is -4.65. The zero-order valence-electron chi connectivity index (χ0n) is 12.4. The van der Waals surface area contributed by atoms with E-state index in [4.69, 9.17) is 21.1 Å². The molecule has 0 unspecified atom stereocenters. The molecule has 1 heterocycles. The van der Waals surface area contributed by atoms with Gasteiger partial charge in [0.05, 0.1) is 10.6 Å². The summed E-state index contributed by atoms with van der Waals surface area (Å²) in [5, 5.41) is 1.48. The lowest BCUT2D eigenvalue weighted by Gasteiger charge is -2.32. The van der Waals surface area contributed by atoms with Gasteiger partial charge in [0.25, 0.3) is 5.79 Å². The predicted molar refractivity (Wildman–Crippen MR) is 74.8 cm³/mol. The van der Waals surface area contributed by atoms with Crippen molar-refractivity contribution in [2.75, 3.05) is 5.32 Å². The van der Waals surface area contributed by atoms with Crippen LogP contribution in [0.2, 0.25) is 5.02 Å². The van der Waals surface area contributed by atoms with Gasteiger partial charge in [-0.15, -0.1) is 0 Å². The molecule has 0 aromatic heterocycles. The van der Waals surface area contributed by atoms with Crippen molar-refractivity contribution in [3.63, 3.8) is 0 Å². The number of alkyl halides is 3. The Kier molecular flexibility index (Phi) is 4.49. The first-order valence-electron chi connectivity index (χ1n) is 6.54. The minimum absolute atomic E-state index is 0.122. The van der Waals surface area contributed by atoms with E-state index in [9.17, 15) is 27.6 Å². The van der Waals surface area contributed by atoms with Crippen molar-refractivity contribution >= 4 is 35.1 Å². The van der Waals surface area contributed by atoms with Crippen LogP contribution in [0.3, 0.4) is 0 Å². The van der Waals surface area contributed by atoms with Crippen LogP contribution in [0.4, 0.5) is 18.9 Å². The van der Waals surface area contributed by atoms with Crippen molar-refractivity contribution in [1.82, 2.24) is 0 Å². The van der Waals surface area contributed by atoms with Gasteiger partial charge in [0.15, 0.2) is 0 Å². The Bertz CT molecular complexity index is 697. The van der Waals surface area contributed by atoms with Crippen molar-refractivity contribution in [2.45, 2.75) is 25.8 Å². The third-order valence-corrected chi connectivity index (χ3v) is 3.28. The van der Waals surface area contributed by atoms with Crippen LogP contribution in [0.25, 0.3) is 0 Å². The van der Waals surface area contributed by atoms with Crippen LogP contribution in [0, 0.1) is 5.92 Å². The predicted octanol–water partition coefficient (Wildman–Crippen LogP) is 2.75. The number of hydrogen-bond acceptors (Lipinski definition) is 5. The molecule has 0 saturated carbocycles. The number of ether oxygens (including phenoxy) is 2. The molecule has 24 heavy (non-hydrogen) atoms. The highest BCUT2D eigenvalue weighted by atomic mass is 35.5. The average Bonchev–Trinajstić information content (AvgIpc) is 2.34. The molecule has 1 aliphatic rings. The summed E-state index contributed by atoms with van der Waals surface area (Å²) >= 11 is 5.52. The van der Waals surface area contributed by atoms with Gasteiger partial charge in [-0.25, -0.2) is 0 Å². The molecule has 0 bridgehead atoms. The van der Waals surface area contributed by atoms with E-state index in [1.807, 2.05) is 0 Å². The lowest BCUT2D eigenvalue weighted by molar-refractivity contribution is -0.238. The van der Waals surface area contributed by atoms with Crippen molar-refractivity contribution in [1.29, 1.82) is 0 Å². The highest BCUT2D eigenvalue weighted by Gasteiger charge is 2.47. The van der Waals surface area contributed by atoms with Crippen LogP contribution in [0.15, 0.2) is 18.2 Å². The molecular weight excluding hydrogens is 355 g/mol. The van der Waals surface area contributed by atoms with E-state index in [1.165, 1.54) is 13.8 Å². The minimum atomic E-state index is -4.65. The average molecular weight is 366 g/mol. The summed E-state index contributed by atoms with van der Waals surface area (Å²) in [5.41, 5.74) is -1.20. The van der Waals surface area contributed by atoms with Gasteiger partial charge in [-0.05, 0) is 18.2 Å². The van der Waals surface area contributed by atoms with E-state index in [0.29, 0.717) is 6.07 Å². The van der Waals surface area contributed by atoms with E-state index in [2.05, 4.69) is 5.32 Å². The molecule has 1 N–H and O–H groups in total. The fraction of sp³-hybridized carbons (Fsp3) is 0.357. The number of nitrogens with one attached hydrogen (secondary N) is 1. The number of carbonyl (C=O) groups excluding carboxylic acids is 3. The number of cyclic esters (lactones) is 2. The maximum atomic E-state index is 12.6. The third-order valence-electron chi connectivity index (χ3n) is 2.97. The molecule has 2 rings (SSSR count). The first-order chi connectivity index (χ1) is 10.9. The Balaban J connectivity index is 2.17. The van der Waals surface area contributed by atoms with E-state index >= 15 is 0 Å². The summed E-state index contributed by atoms with van der Waals surface area (Å²) < 4.78 is 47.4. The molecule has 1 aliphatic heterocycles. The number of benzene rings is 1. The second-order valence-electron chi connectivity index (χ2n) is 5.36. The molecule has 10 heteroatoms. The molecule has 0 atom stereocenters. The van der Waals surface area contributed by atoms with E-state index in [1.54, 1.807) is 0 Å². The van der Waals surface area contributed by atoms with Gasteiger partial charge in [0, 0.05) is 19.5 Å². The van der Waals surface area contributed by atoms with Crippen LogP contribution in [-0.4, -0.2) is 23.6 Å². The van der Waals surface area contributed by atoms with Gasteiger partial charge in [0.2, 0.25) is 11.8 Å². The lowest BCUT2D eigenvalue weighted by atomic mass is 10.1. The maximum Gasteiger partial charge on any atom is 0.417 e. The van der Waals surface area contributed by atoms with E-state index < -0.39 is 46.3 Å². The quantitative estimate of drug-likeness (QED) is 0.643. The topological polar surface area (TPSA) is 81.7 Å². The van der Waals surface area contributed by atoms with Crippen LogP contribution >= 0.6 is 11.6 Å². The Morgan fingerprint density at radius 2 is 1.75 bits per heavy atom. The van der Waals surface area contributed by atoms with E-state index in [0.717, 1.165) is 12.1 Å². The van der Waals surface area contributed by atoms with E-state index in [-0.39, 0.29) is 5.69 Å². The minimum Gasteiger partial charge on any atom is -0.422 e. The normalized spacial score (nSPS) is 17.9. The Labute approximate surface area is 138 Å². The van der Waals surface area contributed by atoms with Crippen molar-refractivity contribution in [3.05, 3.63) is 28.8 Å². The van der Waals surface area contributed by atoms with Gasteiger partial charge >= 0.3 is 18.1 Å². The Morgan fingerprint density at radius 1 is 1.21 bits per heavy atom. The monoisotopic (exact) mass is 365 g/mol. The SMILES string of the molecule is CC1(C)OC(=O)C(C(=O)Nc2ccc(C(F)(F)F)c(Cl)c2)C(=O)O1. The zero-order chi connectivity index (χ0) is 18.3. The highest BCUT2D eigenvalue weighted by Crippen LogP contribution is 2.36. The molecule has 0 aliphatic carbocycles. The number of anilines is 1. The van der Waals surface area contributed by atoms with Gasteiger partial charge in [0.1, 0.15) is 0 Å². The molecule has 1 saturated heterocycles. The molecule has 1 fully saturated rings. The largest absolute Gasteiger partial charge is 0.422 e. The molecule has 6 nitrogen and oxygen atoms in total. The molecule has 130 valence electrons. The number of rotatable bonds is 2. The molecule has 0 radical (unpaired) electrons. The van der Waals surface area contributed by atoms with Crippen LogP contribution in [0.1, 0.15) is 19.4 Å². The van der Waals surface area contributed by atoms with Gasteiger partial charge in [-0.2, -0.15) is 13.2 Å². The van der Waals surface area contributed by atoms with Gasteiger partial charge in [-0.1, -0.05) is 11.6 Å². The Hall–Kier alpha value is -2.29. The van der Waals surface area contributed by atoms with Gasteiger partial charge in [-0.3, -0.25) is 14.4 Å². The van der Waals surface area contributed by atoms with Crippen molar-refractivity contribution in [2.24, 2.45) is 5.92 Å². The zero-order valence-corrected chi connectivity index (χ0v) is 13.1. The first kappa shape index (κ1) is 18.1. The standard InChI is InChI=1S/C14H11ClF3NO5/c1-13(2)23-11(21)9(12(22)24-13)10(20)19-6-3-4-7(8(15)5-6)14(16,17)18/h3-5,9H,1-2H3,(H,19,20). The molecular formula is C14H11ClF3NO5. The smallest absolute Gasteiger partial charge is 0.417 e. The summed E-state index contributed by atoms with van der Waals surface area (Å²) in [6.45, 7) is 2.62. The maximum absolute atomic E-state index is 12.6. The third kappa shape index (κ3) is 3.78. The number of esters is 2. The lowest BCUT2D eigenvalue weighted by Crippen LogP contribution is -2.50. The Morgan fingerprint density at radius 3 is 2.21 bits per heavy atom. The van der Waals surface area contributed by atoms with Crippen LogP contribution in [-0.2, 0) is 30.0 Å². The summed E-state index contributed by atoms with van der Waals surface area (Å²) in [7, 11) is 0. The summed E-state index contributed by atoms with van der Waals surface area (Å²) in [6, 6.07) is 2.46. The molecule has 1 aromatic rings. The first-order valence-corrected chi connectivity index (χ1v) is 6.92.